The summed E-state index contributed by atoms with van der Waals surface area (Å²) in [7, 11) is 0. The molecule has 0 aliphatic rings. The average molecular weight is 445 g/mol. The average Bonchev–Trinajstić information content (AvgIpc) is 3.24. The number of hydrogen-bond donors (Lipinski definition) is 1. The highest BCUT2D eigenvalue weighted by molar-refractivity contribution is 6.32. The number of nitrogens with zero attached hydrogens (tertiary/aromatic N) is 3. The number of rotatable bonds is 8. The third kappa shape index (κ3) is 5.40. The fourth-order valence-corrected chi connectivity index (χ4v) is 3.15. The number of benzene rings is 2. The highest BCUT2D eigenvalue weighted by atomic mass is 35.5. The third-order valence-corrected chi connectivity index (χ3v) is 4.87. The highest BCUT2D eigenvalue weighted by Gasteiger charge is 2.15. The Hall–Kier alpha value is -3.39. The van der Waals surface area contributed by atoms with E-state index in [9.17, 15) is 14.0 Å². The second-order valence-corrected chi connectivity index (χ2v) is 6.96. The summed E-state index contributed by atoms with van der Waals surface area (Å²) in [6, 6.07) is 12.3. The van der Waals surface area contributed by atoms with E-state index in [4.69, 9.17) is 16.3 Å². The second-order valence-electron chi connectivity index (χ2n) is 6.55. The molecule has 0 unspecified atom stereocenters. The molecule has 0 saturated carbocycles. The molecule has 0 spiro atoms. The van der Waals surface area contributed by atoms with E-state index in [1.807, 2.05) is 13.8 Å². The first kappa shape index (κ1) is 22.3. The Morgan fingerprint density at radius 2 is 1.90 bits per heavy atom. The molecule has 1 aromatic heterocycles. The summed E-state index contributed by atoms with van der Waals surface area (Å²) in [5.74, 6) is -0.719. The predicted molar refractivity (Wildman–Crippen MR) is 116 cm³/mol. The zero-order valence-electron chi connectivity index (χ0n) is 17.1. The highest BCUT2D eigenvalue weighted by Crippen LogP contribution is 2.28. The Labute approximate surface area is 184 Å². The molecule has 1 N–H and O–H groups in total. The van der Waals surface area contributed by atoms with Gasteiger partial charge < -0.3 is 15.0 Å². The second kappa shape index (κ2) is 10.1. The van der Waals surface area contributed by atoms with Crippen molar-refractivity contribution in [2.24, 2.45) is 0 Å². The molecule has 2 amide bonds. The van der Waals surface area contributed by atoms with Crippen molar-refractivity contribution in [3.8, 4) is 11.4 Å². The van der Waals surface area contributed by atoms with E-state index in [-0.39, 0.29) is 28.9 Å². The van der Waals surface area contributed by atoms with E-state index in [0.717, 1.165) is 0 Å². The number of hydrogen-bond acceptors (Lipinski definition) is 4. The van der Waals surface area contributed by atoms with Crippen LogP contribution in [0.1, 0.15) is 24.3 Å². The Balaban J connectivity index is 1.64. The van der Waals surface area contributed by atoms with Crippen molar-refractivity contribution in [1.82, 2.24) is 14.7 Å². The summed E-state index contributed by atoms with van der Waals surface area (Å²) < 4.78 is 20.7. The van der Waals surface area contributed by atoms with Gasteiger partial charge in [0.15, 0.2) is 12.3 Å². The number of carbonyl (C=O) groups is 2. The van der Waals surface area contributed by atoms with Crippen molar-refractivity contribution in [3.05, 3.63) is 71.3 Å². The van der Waals surface area contributed by atoms with Gasteiger partial charge in [-0.15, -0.1) is 0 Å². The molecule has 0 fully saturated rings. The predicted octanol–water partition coefficient (Wildman–Crippen LogP) is 4.16. The quantitative estimate of drug-likeness (QED) is 0.566. The molecule has 7 nitrogen and oxygen atoms in total. The maximum Gasteiger partial charge on any atom is 0.276 e. The first-order valence-corrected chi connectivity index (χ1v) is 10.1. The lowest BCUT2D eigenvalue weighted by molar-refractivity contribution is -0.132. The van der Waals surface area contributed by atoms with Crippen LogP contribution in [0.2, 0.25) is 5.02 Å². The van der Waals surface area contributed by atoms with Crippen LogP contribution in [0.4, 0.5) is 10.1 Å². The SMILES string of the molecule is CCN(CC)C(=O)COc1ccc(NC(=O)c2ccn(-c3ccccc3F)n2)cc1Cl. The Kier molecular flexibility index (Phi) is 7.25. The molecule has 2 aromatic carbocycles. The number of halogens is 2. The molecule has 31 heavy (non-hydrogen) atoms. The van der Waals surface area contributed by atoms with Crippen molar-refractivity contribution >= 4 is 29.1 Å². The minimum absolute atomic E-state index is 0.115. The standard InChI is InChI=1S/C22H22ClFN4O3/c1-3-27(4-2)21(29)14-31-20-10-9-15(13-16(20)23)25-22(30)18-11-12-28(26-18)19-8-6-5-7-17(19)24/h5-13H,3-4,14H2,1-2H3,(H,25,30). The molecular weight excluding hydrogens is 423 g/mol. The van der Waals surface area contributed by atoms with Crippen molar-refractivity contribution in [2.45, 2.75) is 13.8 Å². The van der Waals surface area contributed by atoms with E-state index in [2.05, 4.69) is 10.4 Å². The number of aromatic nitrogens is 2. The fourth-order valence-electron chi connectivity index (χ4n) is 2.91. The first-order chi connectivity index (χ1) is 14.9. The zero-order chi connectivity index (χ0) is 22.4. The summed E-state index contributed by atoms with van der Waals surface area (Å²) in [6.07, 6.45) is 1.50. The van der Waals surface area contributed by atoms with Crippen LogP contribution in [0.3, 0.4) is 0 Å². The van der Waals surface area contributed by atoms with Crippen molar-refractivity contribution in [2.75, 3.05) is 25.0 Å². The lowest BCUT2D eigenvalue weighted by Gasteiger charge is -2.19. The molecule has 9 heteroatoms. The number of likely N-dealkylation sites (N-methyl/N-ethyl adjacent to an activating group) is 1. The Bertz CT molecular complexity index is 1080. The number of anilines is 1. The van der Waals surface area contributed by atoms with Crippen molar-refractivity contribution in [1.29, 1.82) is 0 Å². The van der Waals surface area contributed by atoms with Gasteiger partial charge in [-0.05, 0) is 50.2 Å². The maximum absolute atomic E-state index is 13.9. The van der Waals surface area contributed by atoms with Gasteiger partial charge in [0.2, 0.25) is 0 Å². The number of amides is 2. The number of carbonyl (C=O) groups excluding carboxylic acids is 2. The molecule has 0 atom stereocenters. The van der Waals surface area contributed by atoms with Crippen LogP contribution in [0.5, 0.6) is 5.75 Å². The van der Waals surface area contributed by atoms with Crippen molar-refractivity contribution in [3.63, 3.8) is 0 Å². The molecular formula is C22H22ClFN4O3. The number of ether oxygens (including phenoxy) is 1. The summed E-state index contributed by atoms with van der Waals surface area (Å²) in [6.45, 7) is 4.87. The van der Waals surface area contributed by atoms with E-state index in [0.29, 0.717) is 24.5 Å². The van der Waals surface area contributed by atoms with Crippen LogP contribution in [0.25, 0.3) is 5.69 Å². The topological polar surface area (TPSA) is 76.5 Å². The summed E-state index contributed by atoms with van der Waals surface area (Å²) in [5.41, 5.74) is 0.785. The van der Waals surface area contributed by atoms with Gasteiger partial charge in [0.1, 0.15) is 17.3 Å². The lowest BCUT2D eigenvalue weighted by Crippen LogP contribution is -2.34. The molecule has 0 saturated heterocycles. The summed E-state index contributed by atoms with van der Waals surface area (Å²) in [4.78, 5) is 26.2. The minimum atomic E-state index is -0.475. The van der Waals surface area contributed by atoms with Gasteiger partial charge in [-0.1, -0.05) is 23.7 Å². The third-order valence-electron chi connectivity index (χ3n) is 4.58. The van der Waals surface area contributed by atoms with Crippen LogP contribution in [0, 0.1) is 5.82 Å². The van der Waals surface area contributed by atoms with Crippen molar-refractivity contribution < 1.29 is 18.7 Å². The zero-order valence-corrected chi connectivity index (χ0v) is 17.9. The van der Waals surface area contributed by atoms with Gasteiger partial charge in [-0.3, -0.25) is 9.59 Å². The largest absolute Gasteiger partial charge is 0.482 e. The fraction of sp³-hybridized carbons (Fsp3) is 0.227. The molecule has 3 rings (SSSR count). The molecule has 0 aliphatic carbocycles. The number of para-hydroxylation sites is 1. The minimum Gasteiger partial charge on any atom is -0.482 e. The van der Waals surface area contributed by atoms with Gasteiger partial charge in [-0.2, -0.15) is 5.10 Å². The van der Waals surface area contributed by atoms with Gasteiger partial charge >= 0.3 is 0 Å². The van der Waals surface area contributed by atoms with Crippen LogP contribution in [-0.4, -0.2) is 46.2 Å². The lowest BCUT2D eigenvalue weighted by atomic mass is 10.3. The van der Waals surface area contributed by atoms with Crippen LogP contribution >= 0.6 is 11.6 Å². The molecule has 0 radical (unpaired) electrons. The Morgan fingerprint density at radius 3 is 2.58 bits per heavy atom. The summed E-state index contributed by atoms with van der Waals surface area (Å²) in [5, 5.41) is 7.06. The molecule has 162 valence electrons. The maximum atomic E-state index is 13.9. The van der Waals surface area contributed by atoms with Gasteiger partial charge in [0.05, 0.1) is 5.02 Å². The van der Waals surface area contributed by atoms with Crippen LogP contribution in [0.15, 0.2) is 54.7 Å². The normalized spacial score (nSPS) is 10.6. The van der Waals surface area contributed by atoms with Crippen LogP contribution in [-0.2, 0) is 4.79 Å². The Morgan fingerprint density at radius 1 is 1.16 bits per heavy atom. The molecule has 0 aliphatic heterocycles. The van der Waals surface area contributed by atoms with E-state index in [1.54, 1.807) is 35.2 Å². The van der Waals surface area contributed by atoms with Gasteiger partial charge in [0.25, 0.3) is 11.8 Å². The summed E-state index contributed by atoms with van der Waals surface area (Å²) >= 11 is 6.23. The molecule has 3 aromatic rings. The van der Waals surface area contributed by atoms with E-state index >= 15 is 0 Å². The van der Waals surface area contributed by atoms with E-state index in [1.165, 1.54) is 29.1 Å². The van der Waals surface area contributed by atoms with Crippen LogP contribution < -0.4 is 10.1 Å². The molecule has 1 heterocycles. The molecule has 0 bridgehead atoms. The first-order valence-electron chi connectivity index (χ1n) is 9.75. The van der Waals surface area contributed by atoms with E-state index < -0.39 is 11.7 Å². The monoisotopic (exact) mass is 444 g/mol. The van der Waals surface area contributed by atoms with Gasteiger partial charge in [0, 0.05) is 25.0 Å². The number of nitrogens with one attached hydrogen (secondary N) is 1. The van der Waals surface area contributed by atoms with Gasteiger partial charge in [-0.25, -0.2) is 9.07 Å². The smallest absolute Gasteiger partial charge is 0.276 e.